The number of amides is 2. The third-order valence-electron chi connectivity index (χ3n) is 8.48. The number of aromatic nitrogens is 5. The topological polar surface area (TPSA) is 127 Å². The molecular formula is C38H37N7O3. The summed E-state index contributed by atoms with van der Waals surface area (Å²) in [6, 6.07) is 29.0. The first-order valence-corrected chi connectivity index (χ1v) is 15.8. The Morgan fingerprint density at radius 3 is 2.23 bits per heavy atom. The summed E-state index contributed by atoms with van der Waals surface area (Å²) in [7, 11) is 1.68. The average Bonchev–Trinajstić information content (AvgIpc) is 3.73. The number of hydrogen-bond donors (Lipinski definition) is 3. The van der Waals surface area contributed by atoms with Crippen molar-refractivity contribution in [1.29, 1.82) is 0 Å². The molecule has 0 saturated heterocycles. The molecule has 3 heterocycles. The highest BCUT2D eigenvalue weighted by atomic mass is 16.2. The summed E-state index contributed by atoms with van der Waals surface area (Å²) in [5.41, 5.74) is 7.05. The Bertz CT molecular complexity index is 2110. The lowest BCUT2D eigenvalue weighted by Gasteiger charge is -2.29. The molecule has 6 rings (SSSR count). The molecule has 0 aliphatic carbocycles. The molecule has 0 saturated carbocycles. The van der Waals surface area contributed by atoms with Crippen LogP contribution in [0, 0.1) is 6.92 Å². The number of nitrogens with zero attached hydrogens (tertiary/aromatic N) is 4. The number of benzene rings is 3. The van der Waals surface area contributed by atoms with Crippen LogP contribution in [0.3, 0.4) is 0 Å². The summed E-state index contributed by atoms with van der Waals surface area (Å²) in [5, 5.41) is 17.3. The number of nitrogens with one attached hydrogen (secondary N) is 3. The maximum atomic E-state index is 14.4. The summed E-state index contributed by atoms with van der Waals surface area (Å²) in [6.45, 7) is 5.86. The minimum Gasteiger partial charge on any atom is -0.338 e. The van der Waals surface area contributed by atoms with Gasteiger partial charge in [-0.1, -0.05) is 66.7 Å². The molecule has 3 aromatic carbocycles. The molecule has 10 nitrogen and oxygen atoms in total. The first-order chi connectivity index (χ1) is 23.2. The van der Waals surface area contributed by atoms with Crippen molar-refractivity contribution >= 4 is 17.5 Å². The number of carbonyl (C=O) groups is 2. The van der Waals surface area contributed by atoms with Crippen molar-refractivity contribution in [3.8, 4) is 22.3 Å². The van der Waals surface area contributed by atoms with Crippen molar-refractivity contribution in [3.63, 3.8) is 0 Å². The van der Waals surface area contributed by atoms with E-state index in [9.17, 15) is 14.4 Å². The second-order valence-corrected chi connectivity index (χ2v) is 12.0. The minimum atomic E-state index is -1.02. The third-order valence-corrected chi connectivity index (χ3v) is 8.48. The van der Waals surface area contributed by atoms with Crippen LogP contribution in [0.15, 0.2) is 120 Å². The number of pyridine rings is 1. The fraction of sp³-hybridized carbons (Fsp3) is 0.184. The van der Waals surface area contributed by atoms with Gasteiger partial charge in [0.05, 0.1) is 5.69 Å². The van der Waals surface area contributed by atoms with E-state index in [0.29, 0.717) is 11.4 Å². The summed E-state index contributed by atoms with van der Waals surface area (Å²) < 4.78 is 3.17. The summed E-state index contributed by atoms with van der Waals surface area (Å²) >= 11 is 0. The predicted octanol–water partition coefficient (Wildman–Crippen LogP) is 6.10. The molecule has 6 aromatic rings. The van der Waals surface area contributed by atoms with E-state index < -0.39 is 17.9 Å². The standard InChI is InChI=1S/C38H37N7O3/c1-24(2)45-23-30(15-18-34(45)46)28-11-8-12-29(21-28)35(27-9-6-5-7-10-27)36(42-37(47)33-19-20-40-44(33)4)38(48)41-31-16-13-26(14-17-31)32-22-39-43-25(32)3/h5-24,35-36H,1-4H3,(H,39,43)(H,41,48)(H,42,47). The van der Waals surface area contributed by atoms with Gasteiger partial charge < -0.3 is 15.2 Å². The Hall–Kier alpha value is -6.03. The van der Waals surface area contributed by atoms with Crippen LogP contribution in [0.2, 0.25) is 0 Å². The normalized spacial score (nSPS) is 12.4. The fourth-order valence-corrected chi connectivity index (χ4v) is 5.94. The van der Waals surface area contributed by atoms with Crippen LogP contribution in [0.5, 0.6) is 0 Å². The quantitative estimate of drug-likeness (QED) is 0.167. The molecule has 2 unspecified atom stereocenters. The number of aryl methyl sites for hydroxylation is 2. The van der Waals surface area contributed by atoms with Gasteiger partial charge in [-0.25, -0.2) is 0 Å². The number of anilines is 1. The molecule has 0 aliphatic rings. The molecule has 3 aromatic heterocycles. The monoisotopic (exact) mass is 639 g/mol. The fourth-order valence-electron chi connectivity index (χ4n) is 5.94. The molecule has 0 radical (unpaired) electrons. The van der Waals surface area contributed by atoms with Gasteiger partial charge in [-0.15, -0.1) is 0 Å². The average molecular weight is 640 g/mol. The lowest BCUT2D eigenvalue weighted by molar-refractivity contribution is -0.118. The first-order valence-electron chi connectivity index (χ1n) is 15.8. The van der Waals surface area contributed by atoms with Gasteiger partial charge in [-0.2, -0.15) is 10.2 Å². The van der Waals surface area contributed by atoms with Crippen LogP contribution in [-0.4, -0.2) is 42.4 Å². The highest BCUT2D eigenvalue weighted by Gasteiger charge is 2.34. The van der Waals surface area contributed by atoms with Crippen LogP contribution in [0.25, 0.3) is 22.3 Å². The van der Waals surface area contributed by atoms with Gasteiger partial charge in [-0.3, -0.25) is 24.2 Å². The Morgan fingerprint density at radius 1 is 0.833 bits per heavy atom. The molecule has 242 valence electrons. The first kappa shape index (κ1) is 31.9. The van der Waals surface area contributed by atoms with Crippen molar-refractivity contribution in [2.45, 2.75) is 38.8 Å². The molecule has 0 bridgehead atoms. The number of aromatic amines is 1. The lowest BCUT2D eigenvalue weighted by Crippen LogP contribution is -2.48. The lowest BCUT2D eigenvalue weighted by atomic mass is 9.83. The van der Waals surface area contributed by atoms with E-state index in [1.54, 1.807) is 36.0 Å². The van der Waals surface area contributed by atoms with Gasteiger partial charge in [0.25, 0.3) is 11.5 Å². The Kier molecular flexibility index (Phi) is 9.15. The van der Waals surface area contributed by atoms with Gasteiger partial charge in [0.1, 0.15) is 11.7 Å². The number of hydrogen-bond acceptors (Lipinski definition) is 5. The zero-order chi connectivity index (χ0) is 33.8. The van der Waals surface area contributed by atoms with E-state index in [4.69, 9.17) is 0 Å². The van der Waals surface area contributed by atoms with E-state index in [-0.39, 0.29) is 17.5 Å². The van der Waals surface area contributed by atoms with E-state index in [1.165, 1.54) is 4.68 Å². The summed E-state index contributed by atoms with van der Waals surface area (Å²) in [5.74, 6) is -1.39. The van der Waals surface area contributed by atoms with E-state index in [1.807, 2.05) is 112 Å². The molecule has 48 heavy (non-hydrogen) atoms. The van der Waals surface area contributed by atoms with Crippen LogP contribution in [-0.2, 0) is 11.8 Å². The molecule has 10 heteroatoms. The second-order valence-electron chi connectivity index (χ2n) is 12.0. The van der Waals surface area contributed by atoms with Crippen LogP contribution >= 0.6 is 0 Å². The molecule has 0 aliphatic heterocycles. The van der Waals surface area contributed by atoms with E-state index in [0.717, 1.165) is 39.1 Å². The predicted molar refractivity (Wildman–Crippen MR) is 187 cm³/mol. The van der Waals surface area contributed by atoms with Crippen LogP contribution in [0.1, 0.15) is 53.1 Å². The maximum absolute atomic E-state index is 14.4. The maximum Gasteiger partial charge on any atom is 0.270 e. The van der Waals surface area contributed by atoms with Crippen molar-refractivity contribution in [1.82, 2.24) is 29.9 Å². The Morgan fingerprint density at radius 2 is 1.56 bits per heavy atom. The van der Waals surface area contributed by atoms with Gasteiger partial charge in [0, 0.05) is 54.9 Å². The molecule has 0 fully saturated rings. The molecule has 0 spiro atoms. The van der Waals surface area contributed by atoms with Gasteiger partial charge in [0.2, 0.25) is 5.91 Å². The smallest absolute Gasteiger partial charge is 0.270 e. The van der Waals surface area contributed by atoms with Crippen molar-refractivity contribution in [3.05, 3.63) is 149 Å². The van der Waals surface area contributed by atoms with E-state index in [2.05, 4.69) is 25.9 Å². The van der Waals surface area contributed by atoms with Crippen molar-refractivity contribution < 1.29 is 9.59 Å². The second kappa shape index (κ2) is 13.8. The highest BCUT2D eigenvalue weighted by molar-refractivity contribution is 6.01. The largest absolute Gasteiger partial charge is 0.338 e. The highest BCUT2D eigenvalue weighted by Crippen LogP contribution is 2.33. The SMILES string of the molecule is Cc1n[nH]cc1-c1ccc(NC(=O)C(NC(=O)c2ccnn2C)C(c2ccccc2)c2cccc(-c3ccc(=O)n(C(C)C)c3)c2)cc1. The van der Waals surface area contributed by atoms with E-state index >= 15 is 0 Å². The van der Waals surface area contributed by atoms with Crippen LogP contribution in [0.4, 0.5) is 5.69 Å². The molecule has 3 N–H and O–H groups in total. The van der Waals surface area contributed by atoms with Gasteiger partial charge >= 0.3 is 0 Å². The minimum absolute atomic E-state index is 0.00855. The Labute approximate surface area is 278 Å². The third kappa shape index (κ3) is 6.73. The number of H-pyrrole nitrogens is 1. The molecule has 2 atom stereocenters. The number of rotatable bonds is 10. The van der Waals surface area contributed by atoms with Crippen molar-refractivity contribution in [2.75, 3.05) is 5.32 Å². The van der Waals surface area contributed by atoms with Gasteiger partial charge in [0.15, 0.2) is 0 Å². The summed E-state index contributed by atoms with van der Waals surface area (Å²) in [4.78, 5) is 40.6. The summed E-state index contributed by atoms with van der Waals surface area (Å²) in [6.07, 6.45) is 5.23. The number of carbonyl (C=O) groups excluding carboxylic acids is 2. The molecule has 2 amide bonds. The van der Waals surface area contributed by atoms with Gasteiger partial charge in [-0.05, 0) is 72.9 Å². The molecular weight excluding hydrogens is 602 g/mol. The zero-order valence-electron chi connectivity index (χ0n) is 27.2. The Balaban J connectivity index is 1.41. The van der Waals surface area contributed by atoms with Crippen molar-refractivity contribution in [2.24, 2.45) is 7.05 Å². The van der Waals surface area contributed by atoms with Crippen LogP contribution < -0.4 is 16.2 Å². The zero-order valence-corrected chi connectivity index (χ0v) is 27.2.